The van der Waals surface area contributed by atoms with Gasteiger partial charge in [0.15, 0.2) is 0 Å². The van der Waals surface area contributed by atoms with Gasteiger partial charge in [-0.05, 0) is 221 Å². The van der Waals surface area contributed by atoms with Crippen LogP contribution in [0.3, 0.4) is 0 Å². The average molecular weight is 2050 g/mol. The second-order valence-corrected chi connectivity index (χ2v) is 46.2. The maximum Gasteiger partial charge on any atom is 0.513 e. The molecular formula is C104H169N11O28Si. The van der Waals surface area contributed by atoms with Crippen molar-refractivity contribution in [2.24, 2.45) is 41.1 Å². The van der Waals surface area contributed by atoms with E-state index < -0.39 is 137 Å². The van der Waals surface area contributed by atoms with E-state index in [4.69, 9.17) is 54.5 Å². The molecule has 39 nitrogen and oxygen atoms in total. The molecule has 812 valence electrons. The van der Waals surface area contributed by atoms with Crippen LogP contribution in [0.5, 0.6) is 5.75 Å². The number of esters is 4. The van der Waals surface area contributed by atoms with Gasteiger partial charge in [-0.3, -0.25) is 39.0 Å². The lowest BCUT2D eigenvalue weighted by atomic mass is 10.0. The van der Waals surface area contributed by atoms with Crippen LogP contribution in [-0.2, 0) is 92.4 Å². The molecule has 6 fully saturated rings. The minimum atomic E-state index is -1.24. The van der Waals surface area contributed by atoms with Gasteiger partial charge in [-0.2, -0.15) is 0 Å². The van der Waals surface area contributed by atoms with Crippen LogP contribution in [0.1, 0.15) is 245 Å². The van der Waals surface area contributed by atoms with Crippen LogP contribution in [0.15, 0.2) is 118 Å². The molecule has 4 saturated heterocycles. The number of unbranched alkanes of at least 4 members (excludes halogenated alkanes) is 9. The monoisotopic (exact) mass is 2050 g/mol. The number of likely N-dealkylation sites (tertiary alicyclic amines) is 3. The summed E-state index contributed by atoms with van der Waals surface area (Å²) in [5, 5.41) is 42.6. The highest BCUT2D eigenvalue weighted by Crippen LogP contribution is 2.46. The van der Waals surface area contributed by atoms with Crippen LogP contribution in [0.4, 0.5) is 29.7 Å². The van der Waals surface area contributed by atoms with Crippen molar-refractivity contribution in [3.63, 3.8) is 0 Å². The zero-order valence-electron chi connectivity index (χ0n) is 87.8. The highest BCUT2D eigenvalue weighted by molar-refractivity contribution is 6.76. The lowest BCUT2D eigenvalue weighted by Crippen LogP contribution is -2.56. The normalized spacial score (nSPS) is 21.4. The third-order valence-corrected chi connectivity index (χ3v) is 24.7. The molecule has 8 rings (SSSR count). The Balaban J connectivity index is 0.000000870. The van der Waals surface area contributed by atoms with Crippen molar-refractivity contribution in [3.05, 3.63) is 134 Å². The van der Waals surface area contributed by atoms with Gasteiger partial charge in [0.2, 0.25) is 17.7 Å². The highest BCUT2D eigenvalue weighted by Gasteiger charge is 2.62. The number of nitro benzene ring substituents is 1. The number of nitrogens with zero attached hydrogens (tertiary/aromatic N) is 4. The summed E-state index contributed by atoms with van der Waals surface area (Å²) < 4.78 is 50.0. The maximum absolute atomic E-state index is 13.7. The third kappa shape index (κ3) is 50.2. The summed E-state index contributed by atoms with van der Waals surface area (Å²) in [7, 11) is 1.47. The summed E-state index contributed by atoms with van der Waals surface area (Å²) in [4.78, 5) is 183. The number of alkyl carbamates (subject to hydrolysis) is 3. The van der Waals surface area contributed by atoms with E-state index in [0.29, 0.717) is 90.1 Å². The van der Waals surface area contributed by atoms with E-state index in [9.17, 15) is 82.3 Å². The number of non-ortho nitro benzene ring substituents is 1. The minimum Gasteiger partial charge on any atom is -0.480 e. The number of rotatable bonds is 42. The molecule has 11 N–H and O–H groups in total. The van der Waals surface area contributed by atoms with Gasteiger partial charge in [0.1, 0.15) is 82.5 Å². The van der Waals surface area contributed by atoms with Crippen molar-refractivity contribution in [3.8, 4) is 5.75 Å². The summed E-state index contributed by atoms with van der Waals surface area (Å²) in [6.45, 7) is 53.3. The molecule has 0 spiro atoms. The van der Waals surface area contributed by atoms with Crippen LogP contribution in [0, 0.1) is 39.7 Å². The lowest BCUT2D eigenvalue weighted by Gasteiger charge is -2.30. The van der Waals surface area contributed by atoms with Gasteiger partial charge < -0.3 is 105 Å². The first-order valence-corrected chi connectivity index (χ1v) is 53.0. The molecule has 4 aliphatic heterocycles. The molecular weight excluding hydrogens is 1880 g/mol. The molecule has 144 heavy (non-hydrogen) atoms. The average Bonchev–Trinajstić information content (AvgIpc) is 1.58. The fourth-order valence-electron chi connectivity index (χ4n) is 15.4. The number of amides is 7. The molecule has 2 aromatic rings. The van der Waals surface area contributed by atoms with Gasteiger partial charge in [-0.25, -0.2) is 43.2 Å². The number of hydrogen-bond donors (Lipinski definition) is 9. The third-order valence-electron chi connectivity index (χ3n) is 23.0. The second-order valence-electron chi connectivity index (χ2n) is 40.6. The van der Waals surface area contributed by atoms with Crippen molar-refractivity contribution >= 4 is 97.8 Å². The maximum atomic E-state index is 13.7. The van der Waals surface area contributed by atoms with Crippen molar-refractivity contribution in [1.29, 1.82) is 0 Å². The number of ether oxygens (including phenoxy) is 10. The van der Waals surface area contributed by atoms with E-state index >= 15 is 0 Å². The van der Waals surface area contributed by atoms with E-state index in [0.717, 1.165) is 102 Å². The Morgan fingerprint density at radius 2 is 1.01 bits per heavy atom. The van der Waals surface area contributed by atoms with Crippen LogP contribution >= 0.6 is 0 Å². The molecule has 7 amide bonds. The summed E-state index contributed by atoms with van der Waals surface area (Å²) in [5.41, 5.74) is 8.42. The summed E-state index contributed by atoms with van der Waals surface area (Å²) in [6.07, 6.45) is 20.7. The minimum absolute atomic E-state index is 0. The van der Waals surface area contributed by atoms with Gasteiger partial charge in [0.25, 0.3) is 5.69 Å². The summed E-state index contributed by atoms with van der Waals surface area (Å²) >= 11 is 0. The Bertz CT molecular complexity index is 4440. The number of aliphatic carboxylic acids is 2. The number of carbonyl (C=O) groups is 14. The molecule has 0 unspecified atom stereocenters. The van der Waals surface area contributed by atoms with Gasteiger partial charge in [-0.15, -0.1) is 32.9 Å². The molecule has 6 aliphatic rings. The number of nitro groups is 1. The summed E-state index contributed by atoms with van der Waals surface area (Å²) in [5.74, 6) is -3.55. The number of nitrogens with two attached hydrogens (primary N) is 2. The lowest BCUT2D eigenvalue weighted by molar-refractivity contribution is -0.384. The van der Waals surface area contributed by atoms with Crippen LogP contribution in [0.2, 0.25) is 25.7 Å². The number of methoxy groups -OCH3 is 2. The fourth-order valence-corrected chi connectivity index (χ4v) is 16.1. The molecule has 4 heterocycles. The Morgan fingerprint density at radius 1 is 0.562 bits per heavy atom. The van der Waals surface area contributed by atoms with Crippen LogP contribution in [-0.4, -0.2) is 258 Å². The Labute approximate surface area is 852 Å². The number of allylic oxidation sites excluding steroid dienone is 3. The van der Waals surface area contributed by atoms with Crippen molar-refractivity contribution in [2.75, 3.05) is 60.2 Å². The second kappa shape index (κ2) is 64.9. The molecule has 0 radical (unpaired) electrons. The van der Waals surface area contributed by atoms with Gasteiger partial charge in [0, 0.05) is 57.7 Å². The first-order valence-electron chi connectivity index (χ1n) is 49.3. The highest BCUT2D eigenvalue weighted by atomic mass is 28.3. The van der Waals surface area contributed by atoms with Crippen LogP contribution < -0.4 is 42.8 Å². The predicted octanol–water partition coefficient (Wildman–Crippen LogP) is 15.9. The summed E-state index contributed by atoms with van der Waals surface area (Å²) in [6, 6.07) is 10.4. The molecule has 15 atom stereocenters. The SMILES string of the molecule is C.C=CCCCCC[C@H](NC(=O)OC(C)(C)C)C(=O)N1C[C@H](C)C[C@H]1C(=O)N[C@]1(C(=O)OCC)C[C@H]1C=C.C=CCCCCC[C@H](NC(=O)OC(C)(C)C)C(=O)N1C[C@H](C)C[C@H]1C(=O)O.C=CCCCCC[C@H](NC(=O)OC(C)(C)C)C(=O)O.C=C[C@@H]1C[C@]1(N)C(=O)OCC.COC(=O)[C@@H]1C[C@@H](C)CN1.COC(=O)[C@@H]1C[C@@H](N)CN1C(=O)OCc1ccccc1.C[Si](C)(C)CCOC(=O)Oc1ccc([N+](=O)[O-])cc1. The Kier molecular flexibility index (Phi) is 58.7. The molecule has 2 saturated carbocycles. The molecule has 0 bridgehead atoms. The van der Waals surface area contributed by atoms with E-state index in [1.54, 1.807) is 88.3 Å². The first kappa shape index (κ1) is 130. The first-order chi connectivity index (χ1) is 67.0. The molecule has 0 aromatic heterocycles. The largest absolute Gasteiger partial charge is 0.513 e. The zero-order valence-corrected chi connectivity index (χ0v) is 88.8. The topological polar surface area (TPSA) is 537 Å². The van der Waals surface area contributed by atoms with Crippen molar-refractivity contribution in [1.82, 2.24) is 41.3 Å². The Morgan fingerprint density at radius 3 is 1.41 bits per heavy atom. The predicted molar refractivity (Wildman–Crippen MR) is 550 cm³/mol. The van der Waals surface area contributed by atoms with E-state index in [-0.39, 0.29) is 91.6 Å². The van der Waals surface area contributed by atoms with Crippen molar-refractivity contribution in [2.45, 2.75) is 348 Å². The molecule has 2 aromatic carbocycles. The number of carbonyl (C=O) groups excluding carboxylic acids is 12. The van der Waals surface area contributed by atoms with E-state index in [1.165, 1.54) is 53.2 Å². The number of carboxylic acids is 2. The van der Waals surface area contributed by atoms with Gasteiger partial charge >= 0.3 is 66.3 Å². The van der Waals surface area contributed by atoms with Gasteiger partial charge in [0.05, 0.1) is 39.0 Å². The zero-order chi connectivity index (χ0) is 108. The Hall–Kier alpha value is -11.8. The molecule has 40 heteroatoms. The van der Waals surface area contributed by atoms with Crippen LogP contribution in [0.25, 0.3) is 0 Å². The number of carboxylic acid groups (broad SMARTS) is 2. The van der Waals surface area contributed by atoms with Gasteiger partial charge in [-0.1, -0.05) is 147 Å². The van der Waals surface area contributed by atoms with Crippen molar-refractivity contribution < 1.29 is 130 Å². The number of hydrogen-bond acceptors (Lipinski definition) is 29. The number of benzene rings is 2. The quantitative estimate of drug-likeness (QED) is 0.00436. The molecule has 2 aliphatic carbocycles. The standard InChI is InChI=1S/C28H45N3O6.C20H34N2O5.C14H18N2O4.C14H25NO4.C12H17NO5Si.C8H13NO2.C7H13NO2.CH4/c1-8-11-12-13-14-15-21(29-26(35)37-27(5,6)7)24(33)31-18-19(4)16-22(31)23(32)30-28(17-20(28)9-2)25(34)36-10-3;1-6-7-8-9-10-11-15(21-19(26)27-20(3,4)5)17(23)22-13-14(2)12-16(22)18(24)25;1-19-13(17)12-7-11(15)8-16(12)14(18)20-9-10-5-3-2-4-6-10;1-5-6-7-8-9-10-11(12(16)17)15-13(18)19-14(2,3)4;1-19(2,3)9-8-17-12(14)18-11-6-4-10(5-7-11)13(15)16;1-3-6-5-8(6,9)7(10)11-4-2;1-5-3-6(8-4-5)7(9)10-2;/h8-9,19-22H,1-2,10-18H2,3-7H3,(H,29,35)(H,30,32);6,14-16H,1,7-13H2,2-5H3,(H,21,26)(H,24,25);2-6,11-12H,7-9,15H2,1H3;5,11H,1,6-10H2,2-4H3,(H,15,18)(H,16,17);4-7H,8-9H2,1-3H3;3,6H,1,4-5,9H2,2H3;5-6,8H,3-4H2,1-2H3;1H4/t19-,20-,21+,22+,28-;14-,15+,16+;11-,12+;11-;;6-,8-;5-,6+;/m1110.11./s1. The van der Waals surface area contributed by atoms with E-state index in [1.807, 2.05) is 62.4 Å². The van der Waals surface area contributed by atoms with E-state index in [2.05, 4.69) is 95.5 Å². The fraction of sp³-hybridized carbons (Fsp3) is 0.654. The number of nitrogens with one attached hydrogen (secondary N) is 5. The smallest absolute Gasteiger partial charge is 0.480 e.